The van der Waals surface area contributed by atoms with Crippen LogP contribution in [0.2, 0.25) is 10.0 Å². The van der Waals surface area contributed by atoms with E-state index in [1.807, 2.05) is 0 Å². The number of hydrogen-bond donors (Lipinski definition) is 2. The highest BCUT2D eigenvalue weighted by molar-refractivity contribution is 8.00. The lowest BCUT2D eigenvalue weighted by atomic mass is 10.1. The fourth-order valence-electron chi connectivity index (χ4n) is 3.68. The Bertz CT molecular complexity index is 1660. The summed E-state index contributed by atoms with van der Waals surface area (Å²) in [4.78, 5) is 50.5. The Morgan fingerprint density at radius 1 is 0.878 bits per heavy atom. The topological polar surface area (TPSA) is 118 Å². The fourth-order valence-corrected chi connectivity index (χ4v) is 5.03. The van der Waals surface area contributed by atoms with Gasteiger partial charge in [0, 0.05) is 32.8 Å². The lowest BCUT2D eigenvalue weighted by molar-refractivity contribution is -0.385. The maximum atomic E-state index is 13.3. The van der Waals surface area contributed by atoms with Crippen molar-refractivity contribution in [3.63, 3.8) is 0 Å². The minimum absolute atomic E-state index is 0.0920. The van der Waals surface area contributed by atoms with Crippen LogP contribution in [0.3, 0.4) is 0 Å². The van der Waals surface area contributed by atoms with E-state index in [1.54, 1.807) is 72.8 Å². The number of thioether (sulfide) groups is 1. The molecule has 0 bridgehead atoms. The van der Waals surface area contributed by atoms with Crippen LogP contribution in [-0.4, -0.2) is 28.3 Å². The number of carbonyl (C=O) groups is 3. The highest BCUT2D eigenvalue weighted by atomic mass is 35.5. The quantitative estimate of drug-likeness (QED) is 0.0644. The molecular formula is C30H21Cl2N3O5S. The van der Waals surface area contributed by atoms with Gasteiger partial charge in [-0.1, -0.05) is 59.6 Å². The Balaban J connectivity index is 1.54. The van der Waals surface area contributed by atoms with E-state index in [-0.39, 0.29) is 33.5 Å². The van der Waals surface area contributed by atoms with Gasteiger partial charge < -0.3 is 10.6 Å². The summed E-state index contributed by atoms with van der Waals surface area (Å²) in [7, 11) is 0. The van der Waals surface area contributed by atoms with E-state index in [0.29, 0.717) is 26.7 Å². The first kappa shape index (κ1) is 29.5. The molecule has 0 heterocycles. The molecule has 0 aromatic heterocycles. The highest BCUT2D eigenvalue weighted by Gasteiger charge is 2.19. The molecule has 206 valence electrons. The third-order valence-corrected chi connectivity index (χ3v) is 7.20. The van der Waals surface area contributed by atoms with Crippen LogP contribution in [0, 0.1) is 10.1 Å². The molecule has 0 aliphatic heterocycles. The Morgan fingerprint density at radius 3 is 2.34 bits per heavy atom. The Kier molecular flexibility index (Phi) is 9.91. The molecule has 4 aromatic rings. The van der Waals surface area contributed by atoms with Crippen LogP contribution in [-0.2, 0) is 4.79 Å². The van der Waals surface area contributed by atoms with E-state index < -0.39 is 16.7 Å². The smallest absolute Gasteiger partial charge is 0.276 e. The van der Waals surface area contributed by atoms with Gasteiger partial charge >= 0.3 is 0 Å². The van der Waals surface area contributed by atoms with Crippen LogP contribution in [0.5, 0.6) is 0 Å². The van der Waals surface area contributed by atoms with Gasteiger partial charge in [0.05, 0.1) is 21.3 Å². The maximum absolute atomic E-state index is 13.3. The number of para-hydroxylation sites is 1. The normalized spacial score (nSPS) is 11.0. The third-order valence-electron chi connectivity index (χ3n) is 5.66. The Labute approximate surface area is 249 Å². The number of rotatable bonds is 10. The predicted molar refractivity (Wildman–Crippen MR) is 162 cm³/mol. The Morgan fingerprint density at radius 2 is 1.61 bits per heavy atom. The van der Waals surface area contributed by atoms with Crippen molar-refractivity contribution in [2.45, 2.75) is 4.90 Å². The van der Waals surface area contributed by atoms with Crippen molar-refractivity contribution in [2.75, 3.05) is 11.1 Å². The lowest BCUT2D eigenvalue weighted by Gasteiger charge is -2.12. The van der Waals surface area contributed by atoms with Crippen LogP contribution >= 0.6 is 35.0 Å². The zero-order chi connectivity index (χ0) is 29.4. The van der Waals surface area contributed by atoms with Gasteiger partial charge in [-0.05, 0) is 60.7 Å². The van der Waals surface area contributed by atoms with E-state index in [9.17, 15) is 24.5 Å². The number of benzene rings is 4. The summed E-state index contributed by atoms with van der Waals surface area (Å²) in [5.74, 6) is -1.35. The molecule has 4 rings (SSSR count). The minimum Gasteiger partial charge on any atom is -0.321 e. The molecule has 0 fully saturated rings. The van der Waals surface area contributed by atoms with Crippen LogP contribution in [0.15, 0.2) is 108 Å². The number of amides is 2. The highest BCUT2D eigenvalue weighted by Crippen LogP contribution is 2.27. The van der Waals surface area contributed by atoms with Gasteiger partial charge in [-0.3, -0.25) is 24.5 Å². The number of hydrogen-bond acceptors (Lipinski definition) is 6. The predicted octanol–water partition coefficient (Wildman–Crippen LogP) is 7.29. The van der Waals surface area contributed by atoms with E-state index in [2.05, 4.69) is 10.6 Å². The summed E-state index contributed by atoms with van der Waals surface area (Å²) in [6, 6.07) is 25.6. The van der Waals surface area contributed by atoms with Gasteiger partial charge in [0.1, 0.15) is 5.70 Å². The molecule has 0 saturated heterocycles. The summed E-state index contributed by atoms with van der Waals surface area (Å²) in [6.45, 7) is 0. The molecule has 8 nitrogen and oxygen atoms in total. The van der Waals surface area contributed by atoms with Crippen molar-refractivity contribution in [3.05, 3.63) is 140 Å². The molecule has 0 aliphatic carbocycles. The first-order valence-corrected chi connectivity index (χ1v) is 13.8. The summed E-state index contributed by atoms with van der Waals surface area (Å²) in [5.41, 5.74) is 0.762. The molecule has 2 amide bonds. The van der Waals surface area contributed by atoms with E-state index in [1.165, 1.54) is 42.1 Å². The summed E-state index contributed by atoms with van der Waals surface area (Å²) < 4.78 is 0. The van der Waals surface area contributed by atoms with Crippen molar-refractivity contribution >= 4 is 70.0 Å². The van der Waals surface area contributed by atoms with E-state index in [4.69, 9.17) is 23.2 Å². The largest absolute Gasteiger partial charge is 0.321 e. The number of nitrogens with zero attached hydrogens (tertiary/aromatic N) is 1. The van der Waals surface area contributed by atoms with Gasteiger partial charge in [0.25, 0.3) is 17.5 Å². The first-order chi connectivity index (χ1) is 19.7. The van der Waals surface area contributed by atoms with Gasteiger partial charge in [0.2, 0.25) is 0 Å². The molecule has 4 aromatic carbocycles. The average Bonchev–Trinajstić information content (AvgIpc) is 2.96. The number of ketones is 1. The van der Waals surface area contributed by atoms with Crippen molar-refractivity contribution < 1.29 is 19.3 Å². The number of halogens is 2. The molecule has 41 heavy (non-hydrogen) atoms. The molecule has 0 saturated carbocycles. The van der Waals surface area contributed by atoms with Gasteiger partial charge in [-0.25, -0.2) is 0 Å². The second-order valence-electron chi connectivity index (χ2n) is 8.51. The number of nitrogens with one attached hydrogen (secondary N) is 2. The summed E-state index contributed by atoms with van der Waals surface area (Å²) in [6.07, 6.45) is 1.25. The van der Waals surface area contributed by atoms with Gasteiger partial charge in [-0.2, -0.15) is 0 Å². The number of carbonyl (C=O) groups excluding carboxylic acids is 3. The van der Waals surface area contributed by atoms with E-state index >= 15 is 0 Å². The monoisotopic (exact) mass is 605 g/mol. The lowest BCUT2D eigenvalue weighted by Crippen LogP contribution is -2.30. The molecule has 0 radical (unpaired) electrons. The molecule has 0 unspecified atom stereocenters. The number of nitro benzene ring substituents is 1. The second-order valence-corrected chi connectivity index (χ2v) is 10.4. The fraction of sp³-hybridized carbons (Fsp3) is 0.0333. The van der Waals surface area contributed by atoms with Crippen molar-refractivity contribution in [1.29, 1.82) is 0 Å². The van der Waals surface area contributed by atoms with E-state index in [0.717, 1.165) is 0 Å². The van der Waals surface area contributed by atoms with Gasteiger partial charge in [0.15, 0.2) is 5.78 Å². The molecule has 0 atom stereocenters. The molecule has 2 N–H and O–H groups in total. The number of nitro groups is 1. The summed E-state index contributed by atoms with van der Waals surface area (Å²) in [5, 5.41) is 17.5. The van der Waals surface area contributed by atoms with Crippen LogP contribution in [0.25, 0.3) is 6.08 Å². The van der Waals surface area contributed by atoms with Crippen LogP contribution < -0.4 is 10.6 Å². The average molecular weight is 606 g/mol. The number of anilines is 1. The number of Topliss-reactive ketones (excluding diaryl/α,β-unsaturated/α-hetero) is 1. The molecular weight excluding hydrogens is 585 g/mol. The second kappa shape index (κ2) is 13.8. The molecule has 0 spiro atoms. The van der Waals surface area contributed by atoms with Crippen molar-refractivity contribution in [3.8, 4) is 0 Å². The minimum atomic E-state index is -0.696. The summed E-state index contributed by atoms with van der Waals surface area (Å²) >= 11 is 13.3. The SMILES string of the molecule is O=C(Nc1cccc(SCC(=O)c2ccc(Cl)cc2Cl)c1)/C(=C/c1ccccc1[N+](=O)[O-])NC(=O)c1ccccc1. The van der Waals surface area contributed by atoms with Gasteiger partial charge in [-0.15, -0.1) is 11.8 Å². The van der Waals surface area contributed by atoms with Crippen LogP contribution in [0.1, 0.15) is 26.3 Å². The standard InChI is InChI=1S/C30H21Cl2N3O5S/c31-21-13-14-24(25(32)16-21)28(36)18-41-23-11-6-10-22(17-23)33-30(38)26(34-29(37)19-7-2-1-3-8-19)15-20-9-4-5-12-27(20)35(39)40/h1-17H,18H2,(H,33,38)(H,34,37)/b26-15-. The zero-order valence-corrected chi connectivity index (χ0v) is 23.5. The maximum Gasteiger partial charge on any atom is 0.276 e. The molecule has 0 aliphatic rings. The third kappa shape index (κ3) is 8.04. The van der Waals surface area contributed by atoms with Crippen molar-refractivity contribution in [1.82, 2.24) is 5.32 Å². The first-order valence-electron chi connectivity index (χ1n) is 12.1. The molecule has 11 heteroatoms. The Hall–Kier alpha value is -4.44. The van der Waals surface area contributed by atoms with Crippen molar-refractivity contribution in [2.24, 2.45) is 0 Å². The zero-order valence-electron chi connectivity index (χ0n) is 21.2. The van der Waals surface area contributed by atoms with Crippen LogP contribution in [0.4, 0.5) is 11.4 Å².